The molecule has 0 aromatic rings. The van der Waals surface area contributed by atoms with Gasteiger partial charge in [-0.2, -0.15) is 0 Å². The maximum Gasteiger partial charge on any atom is 0.183 e. The largest absolute Gasteiger partial charge is 0.247 e. The molecule has 10 heavy (non-hydrogen) atoms. The fourth-order valence-corrected chi connectivity index (χ4v) is 1.46. The van der Waals surface area contributed by atoms with Crippen LogP contribution < -0.4 is 0 Å². The summed E-state index contributed by atoms with van der Waals surface area (Å²) in [4.78, 5) is 0. The minimum absolute atomic E-state index is 0. The highest BCUT2D eigenvalue weighted by molar-refractivity contribution is 14.0. The van der Waals surface area contributed by atoms with Crippen LogP contribution in [0.15, 0.2) is 10.4 Å². The van der Waals surface area contributed by atoms with E-state index in [9.17, 15) is 0 Å². The maximum absolute atomic E-state index is 3.83. The lowest BCUT2D eigenvalue weighted by atomic mass is 10.9. The van der Waals surface area contributed by atoms with E-state index in [1.165, 1.54) is 0 Å². The number of hydrogen-bond donors (Lipinski definition) is 0. The van der Waals surface area contributed by atoms with Crippen LogP contribution in [0.25, 0.3) is 0 Å². The van der Waals surface area contributed by atoms with E-state index in [0.29, 0.717) is 0 Å². The summed E-state index contributed by atoms with van der Waals surface area (Å²) in [5.41, 5.74) is 0.282. The van der Waals surface area contributed by atoms with E-state index < -0.39 is 0 Å². The van der Waals surface area contributed by atoms with Gasteiger partial charge in [-0.25, -0.2) is 10.0 Å². The van der Waals surface area contributed by atoms with Crippen LogP contribution in [0.5, 0.6) is 0 Å². The van der Waals surface area contributed by atoms with Crippen LogP contribution in [0, 0.1) is 0 Å². The van der Waals surface area contributed by atoms with Gasteiger partial charge in [-0.3, -0.25) is 0 Å². The zero-order chi connectivity index (χ0) is 6.85. The Morgan fingerprint density at radius 3 is 1.80 bits per heavy atom. The first-order chi connectivity index (χ1) is 4.25. The lowest BCUT2D eigenvalue weighted by molar-refractivity contribution is 0.243. The topological polar surface area (TPSA) is 31.2 Å². The molecule has 0 saturated carbocycles. The predicted octanol–water partition coefficient (Wildman–Crippen LogP) is 1.41. The smallest absolute Gasteiger partial charge is 0.183 e. The summed E-state index contributed by atoms with van der Waals surface area (Å²) in [7, 11) is 3.82. The van der Waals surface area contributed by atoms with Gasteiger partial charge in [0.25, 0.3) is 0 Å². The quantitative estimate of drug-likeness (QED) is 0.677. The molecule has 0 aliphatic carbocycles. The van der Waals surface area contributed by atoms with Crippen molar-refractivity contribution in [2.24, 2.45) is 10.4 Å². The second kappa shape index (κ2) is 4.22. The molecule has 0 aromatic carbocycles. The van der Waals surface area contributed by atoms with Crippen molar-refractivity contribution in [2.75, 3.05) is 20.4 Å². The van der Waals surface area contributed by atoms with Crippen molar-refractivity contribution in [3.8, 4) is 0 Å². The molecular weight excluding hydrogens is 263 g/mol. The third-order valence-corrected chi connectivity index (χ3v) is 2.20. The Morgan fingerprint density at radius 1 is 1.20 bits per heavy atom. The highest BCUT2D eigenvalue weighted by atomic mass is 127. The molecule has 1 rings (SSSR count). The Balaban J connectivity index is 0.000000810. The lowest BCUT2D eigenvalue weighted by Crippen LogP contribution is -2.30. The Morgan fingerprint density at radius 2 is 1.60 bits per heavy atom. The minimum Gasteiger partial charge on any atom is -0.247 e. The molecule has 0 amide bonds. The number of hydrogen-bond acceptors (Lipinski definition) is 5. The van der Waals surface area contributed by atoms with Gasteiger partial charge in [-0.15, -0.1) is 35.7 Å². The zero-order valence-corrected chi connectivity index (χ0v) is 9.33. The Hall–Kier alpha value is 0.280. The molecule has 0 unspecified atom stereocenters. The van der Waals surface area contributed by atoms with E-state index >= 15 is 0 Å². The van der Waals surface area contributed by atoms with E-state index in [-0.39, 0.29) is 29.5 Å². The van der Waals surface area contributed by atoms with Gasteiger partial charge in [0.2, 0.25) is 0 Å². The molecule has 0 spiro atoms. The van der Waals surface area contributed by atoms with Gasteiger partial charge in [-0.1, -0.05) is 10.4 Å². The van der Waals surface area contributed by atoms with Crippen LogP contribution in [-0.2, 0) is 0 Å². The van der Waals surface area contributed by atoms with Crippen LogP contribution in [-0.4, -0.2) is 35.9 Å². The average molecular weight is 274 g/mol. The molecule has 0 N–H and O–H groups in total. The van der Waals surface area contributed by atoms with Crippen LogP contribution >= 0.6 is 35.7 Å². The van der Waals surface area contributed by atoms with E-state index in [0.717, 1.165) is 0 Å². The molecule has 0 bridgehead atoms. The first-order valence-electron chi connectivity index (χ1n) is 2.65. The molecule has 4 nitrogen and oxygen atoms in total. The van der Waals surface area contributed by atoms with Crippen molar-refractivity contribution in [1.29, 1.82) is 0 Å². The minimum atomic E-state index is 0. The summed E-state index contributed by atoms with van der Waals surface area (Å²) in [6.45, 7) is 0. The lowest BCUT2D eigenvalue weighted by Gasteiger charge is -2.19. The van der Waals surface area contributed by atoms with Crippen molar-refractivity contribution in [3.05, 3.63) is 0 Å². The number of rotatable bonds is 1. The van der Waals surface area contributed by atoms with E-state index in [1.54, 1.807) is 11.8 Å². The highest BCUT2D eigenvalue weighted by Gasteiger charge is 2.21. The summed E-state index contributed by atoms with van der Waals surface area (Å²) < 4.78 is 0. The molecule has 60 valence electrons. The monoisotopic (exact) mass is 274 g/mol. The summed E-state index contributed by atoms with van der Waals surface area (Å²) >= 11 is 1.71. The molecule has 1 aliphatic rings. The van der Waals surface area contributed by atoms with Crippen LogP contribution in [0.4, 0.5) is 0 Å². The van der Waals surface area contributed by atoms with Gasteiger partial charge in [0.15, 0.2) is 5.50 Å². The van der Waals surface area contributed by atoms with Crippen molar-refractivity contribution in [2.45, 2.75) is 5.50 Å². The van der Waals surface area contributed by atoms with Crippen molar-refractivity contribution in [1.82, 2.24) is 10.0 Å². The molecule has 0 atom stereocenters. The van der Waals surface area contributed by atoms with Gasteiger partial charge in [0, 0.05) is 14.1 Å². The fraction of sp³-hybridized carbons (Fsp3) is 1.00. The normalized spacial score (nSPS) is 17.9. The summed E-state index contributed by atoms with van der Waals surface area (Å²) in [6, 6.07) is 0. The van der Waals surface area contributed by atoms with Crippen molar-refractivity contribution >= 4 is 35.7 Å². The van der Waals surface area contributed by atoms with Crippen molar-refractivity contribution in [3.63, 3.8) is 0 Å². The Bertz CT molecular complexity index is 118. The molecule has 0 fully saturated rings. The molecule has 0 aromatic heterocycles. The Kier molecular flexibility index (Phi) is 4.34. The van der Waals surface area contributed by atoms with E-state index in [2.05, 4.69) is 10.4 Å². The first-order valence-corrected chi connectivity index (χ1v) is 3.94. The van der Waals surface area contributed by atoms with Gasteiger partial charge in [0.1, 0.15) is 0 Å². The van der Waals surface area contributed by atoms with Crippen molar-refractivity contribution < 1.29 is 0 Å². The summed E-state index contributed by atoms with van der Waals surface area (Å²) in [6.07, 6.45) is 2.04. The second-order valence-electron chi connectivity index (χ2n) is 1.89. The molecule has 6 heteroatoms. The highest BCUT2D eigenvalue weighted by Crippen LogP contribution is 2.20. The predicted molar refractivity (Wildman–Crippen MR) is 53.1 cm³/mol. The third-order valence-electron chi connectivity index (χ3n) is 1.17. The SMILES string of the molecule is CSC1N(C)N=NN1C.I. The van der Waals surface area contributed by atoms with E-state index in [4.69, 9.17) is 0 Å². The fourth-order valence-electron chi connectivity index (χ4n) is 0.761. The van der Waals surface area contributed by atoms with E-state index in [1.807, 2.05) is 30.4 Å². The van der Waals surface area contributed by atoms with Crippen LogP contribution in [0.1, 0.15) is 0 Å². The molecular formula is C4H11IN4S. The van der Waals surface area contributed by atoms with Gasteiger partial charge in [-0.05, 0) is 6.26 Å². The molecule has 0 saturated heterocycles. The van der Waals surface area contributed by atoms with Crippen LogP contribution in [0.2, 0.25) is 0 Å². The van der Waals surface area contributed by atoms with Gasteiger partial charge < -0.3 is 0 Å². The number of thioether (sulfide) groups is 1. The number of nitrogens with zero attached hydrogens (tertiary/aromatic N) is 4. The molecule has 1 aliphatic heterocycles. The third kappa shape index (κ3) is 1.88. The summed E-state index contributed by atoms with van der Waals surface area (Å²) in [5.74, 6) is 0. The second-order valence-corrected chi connectivity index (χ2v) is 2.78. The van der Waals surface area contributed by atoms with Gasteiger partial charge >= 0.3 is 0 Å². The first kappa shape index (κ1) is 10.3. The van der Waals surface area contributed by atoms with Gasteiger partial charge in [0.05, 0.1) is 0 Å². The Labute approximate surface area is 82.0 Å². The average Bonchev–Trinajstić information content (AvgIpc) is 2.12. The maximum atomic E-state index is 3.83. The standard InChI is InChI=1S/C4H10N4S.HI/c1-7-4(9-3)8(2)6-5-7;/h4H,1-3H3;1H. The molecule has 0 radical (unpaired) electrons. The zero-order valence-electron chi connectivity index (χ0n) is 6.18. The number of halogens is 1. The van der Waals surface area contributed by atoms with Crippen LogP contribution in [0.3, 0.4) is 0 Å². The molecule has 1 heterocycles. The summed E-state index contributed by atoms with van der Waals surface area (Å²) in [5, 5.41) is 11.3.